The lowest BCUT2D eigenvalue weighted by atomic mass is 10.1. The van der Waals surface area contributed by atoms with E-state index in [1.54, 1.807) is 0 Å². The molecule has 2 aromatic rings. The Bertz CT molecular complexity index is 692. The van der Waals surface area contributed by atoms with E-state index in [0.717, 1.165) is 49.2 Å². The van der Waals surface area contributed by atoms with Crippen LogP contribution in [-0.2, 0) is 13.1 Å². The van der Waals surface area contributed by atoms with Gasteiger partial charge >= 0.3 is 0 Å². The minimum atomic E-state index is 0. The van der Waals surface area contributed by atoms with Crippen molar-refractivity contribution in [1.29, 1.82) is 0 Å². The Kier molecular flexibility index (Phi) is 9.68. The molecule has 0 spiro atoms. The standard InChI is InChI=1S/C18H30N6O.HI/c1-6-19-18(21-12-16-11-17(13(2)3)23-25-16)20-8-7-9-24-15(5)10-14(4)22-24;/h10-11,13H,6-9,12H2,1-5H3,(H2,19,20,21);1H. The first kappa shape index (κ1) is 22.5. The Labute approximate surface area is 173 Å². The number of hydrogen-bond donors (Lipinski definition) is 2. The first-order chi connectivity index (χ1) is 12.0. The molecule has 0 aliphatic heterocycles. The molecule has 0 aromatic carbocycles. The molecule has 2 aromatic heterocycles. The molecular formula is C18H31IN6O. The fourth-order valence-electron chi connectivity index (χ4n) is 2.51. The summed E-state index contributed by atoms with van der Waals surface area (Å²) in [6.45, 7) is 13.4. The fraction of sp³-hybridized carbons (Fsp3) is 0.611. The van der Waals surface area contributed by atoms with Gasteiger partial charge in [0, 0.05) is 31.4 Å². The van der Waals surface area contributed by atoms with Crippen molar-refractivity contribution in [3.8, 4) is 0 Å². The van der Waals surface area contributed by atoms with E-state index in [1.807, 2.05) is 17.7 Å². The van der Waals surface area contributed by atoms with Crippen LogP contribution in [0.1, 0.15) is 56.0 Å². The largest absolute Gasteiger partial charge is 0.359 e. The summed E-state index contributed by atoms with van der Waals surface area (Å²) in [7, 11) is 0. The summed E-state index contributed by atoms with van der Waals surface area (Å²) in [5.41, 5.74) is 3.23. The average molecular weight is 474 g/mol. The van der Waals surface area contributed by atoms with Crippen LogP contribution in [0.4, 0.5) is 0 Å². The summed E-state index contributed by atoms with van der Waals surface area (Å²) in [6, 6.07) is 4.07. The predicted octanol–water partition coefficient (Wildman–Crippen LogP) is 3.37. The fourth-order valence-corrected chi connectivity index (χ4v) is 2.51. The average Bonchev–Trinajstić information content (AvgIpc) is 3.15. The number of aryl methyl sites for hydroxylation is 3. The molecule has 0 bridgehead atoms. The zero-order chi connectivity index (χ0) is 18.2. The van der Waals surface area contributed by atoms with Crippen LogP contribution < -0.4 is 10.6 Å². The molecule has 0 saturated heterocycles. The summed E-state index contributed by atoms with van der Waals surface area (Å²) in [6.07, 6.45) is 0.978. The number of halogens is 1. The second-order valence-electron chi connectivity index (χ2n) is 6.50. The number of hydrogen-bond acceptors (Lipinski definition) is 4. The van der Waals surface area contributed by atoms with Crippen LogP contribution in [0.2, 0.25) is 0 Å². The normalized spacial score (nSPS) is 11.5. The molecule has 2 N–H and O–H groups in total. The smallest absolute Gasteiger partial charge is 0.191 e. The van der Waals surface area contributed by atoms with Gasteiger partial charge in [-0.05, 0) is 39.2 Å². The molecule has 8 heteroatoms. The summed E-state index contributed by atoms with van der Waals surface area (Å²) in [5.74, 6) is 1.93. The molecule has 7 nitrogen and oxygen atoms in total. The monoisotopic (exact) mass is 474 g/mol. The van der Waals surface area contributed by atoms with E-state index in [-0.39, 0.29) is 24.0 Å². The number of nitrogens with zero attached hydrogens (tertiary/aromatic N) is 4. The van der Waals surface area contributed by atoms with Crippen LogP contribution in [0.3, 0.4) is 0 Å². The number of nitrogens with one attached hydrogen (secondary N) is 2. The molecule has 0 fully saturated rings. The van der Waals surface area contributed by atoms with Crippen molar-refractivity contribution in [2.45, 2.75) is 60.0 Å². The summed E-state index contributed by atoms with van der Waals surface area (Å²) in [5, 5.41) is 15.1. The van der Waals surface area contributed by atoms with Crippen LogP contribution in [0.15, 0.2) is 21.6 Å². The van der Waals surface area contributed by atoms with Gasteiger partial charge in [0.2, 0.25) is 0 Å². The Morgan fingerprint density at radius 1 is 1.27 bits per heavy atom. The quantitative estimate of drug-likeness (QED) is 0.266. The molecule has 0 radical (unpaired) electrons. The van der Waals surface area contributed by atoms with Gasteiger partial charge in [-0.3, -0.25) is 4.68 Å². The number of rotatable bonds is 8. The van der Waals surface area contributed by atoms with Crippen molar-refractivity contribution < 1.29 is 4.52 Å². The van der Waals surface area contributed by atoms with Crippen molar-refractivity contribution >= 4 is 29.9 Å². The lowest BCUT2D eigenvalue weighted by Crippen LogP contribution is -2.38. The Morgan fingerprint density at radius 3 is 2.62 bits per heavy atom. The molecular weight excluding hydrogens is 443 g/mol. The maximum absolute atomic E-state index is 5.33. The van der Waals surface area contributed by atoms with E-state index in [2.05, 4.69) is 59.6 Å². The van der Waals surface area contributed by atoms with Gasteiger partial charge in [-0.15, -0.1) is 24.0 Å². The van der Waals surface area contributed by atoms with Gasteiger partial charge in [-0.1, -0.05) is 19.0 Å². The lowest BCUT2D eigenvalue weighted by molar-refractivity contribution is 0.376. The summed E-state index contributed by atoms with van der Waals surface area (Å²) < 4.78 is 7.37. The minimum absolute atomic E-state index is 0. The van der Waals surface area contributed by atoms with Gasteiger partial charge < -0.3 is 15.2 Å². The zero-order valence-electron chi connectivity index (χ0n) is 16.4. The highest BCUT2D eigenvalue weighted by Crippen LogP contribution is 2.14. The van der Waals surface area contributed by atoms with E-state index < -0.39 is 0 Å². The Morgan fingerprint density at radius 2 is 2.04 bits per heavy atom. The molecule has 0 atom stereocenters. The zero-order valence-corrected chi connectivity index (χ0v) is 18.7. The highest BCUT2D eigenvalue weighted by atomic mass is 127. The summed E-state index contributed by atoms with van der Waals surface area (Å²) in [4.78, 5) is 4.56. The molecule has 0 unspecified atom stereocenters. The van der Waals surface area contributed by atoms with E-state index in [9.17, 15) is 0 Å². The summed E-state index contributed by atoms with van der Waals surface area (Å²) >= 11 is 0. The Balaban J connectivity index is 0.00000338. The van der Waals surface area contributed by atoms with E-state index in [1.165, 1.54) is 5.69 Å². The molecule has 2 rings (SSSR count). The third-order valence-corrected chi connectivity index (χ3v) is 3.85. The molecule has 0 amide bonds. The minimum Gasteiger partial charge on any atom is -0.359 e. The molecule has 0 saturated carbocycles. The van der Waals surface area contributed by atoms with Crippen molar-refractivity contribution in [3.63, 3.8) is 0 Å². The van der Waals surface area contributed by atoms with Gasteiger partial charge in [-0.25, -0.2) is 4.99 Å². The van der Waals surface area contributed by atoms with Gasteiger partial charge in [0.05, 0.1) is 11.4 Å². The Hall–Kier alpha value is -1.58. The van der Waals surface area contributed by atoms with Crippen LogP contribution >= 0.6 is 24.0 Å². The third kappa shape index (κ3) is 6.97. The first-order valence-corrected chi connectivity index (χ1v) is 8.98. The molecule has 0 aliphatic rings. The van der Waals surface area contributed by atoms with Crippen LogP contribution in [0, 0.1) is 13.8 Å². The second kappa shape index (κ2) is 11.2. The third-order valence-electron chi connectivity index (χ3n) is 3.85. The SMILES string of the molecule is CCNC(=NCc1cc(C(C)C)no1)NCCCn1nc(C)cc1C.I. The van der Waals surface area contributed by atoms with Crippen molar-refractivity contribution in [2.24, 2.45) is 4.99 Å². The molecule has 2 heterocycles. The van der Waals surface area contributed by atoms with Crippen LogP contribution in [-0.4, -0.2) is 34.0 Å². The molecule has 26 heavy (non-hydrogen) atoms. The van der Waals surface area contributed by atoms with Gasteiger partial charge in [0.25, 0.3) is 0 Å². The topological polar surface area (TPSA) is 80.3 Å². The maximum Gasteiger partial charge on any atom is 0.191 e. The number of aromatic nitrogens is 3. The van der Waals surface area contributed by atoms with E-state index in [0.29, 0.717) is 12.5 Å². The highest BCUT2D eigenvalue weighted by Gasteiger charge is 2.07. The highest BCUT2D eigenvalue weighted by molar-refractivity contribution is 14.0. The van der Waals surface area contributed by atoms with Crippen molar-refractivity contribution in [3.05, 3.63) is 35.0 Å². The van der Waals surface area contributed by atoms with E-state index >= 15 is 0 Å². The first-order valence-electron chi connectivity index (χ1n) is 8.98. The van der Waals surface area contributed by atoms with Crippen molar-refractivity contribution in [2.75, 3.05) is 13.1 Å². The lowest BCUT2D eigenvalue weighted by Gasteiger charge is -2.11. The van der Waals surface area contributed by atoms with Crippen LogP contribution in [0.5, 0.6) is 0 Å². The number of aliphatic imine (C=N–C) groups is 1. The molecule has 0 aliphatic carbocycles. The second-order valence-corrected chi connectivity index (χ2v) is 6.50. The van der Waals surface area contributed by atoms with Gasteiger partial charge in [-0.2, -0.15) is 5.10 Å². The van der Waals surface area contributed by atoms with Gasteiger partial charge in [0.15, 0.2) is 11.7 Å². The van der Waals surface area contributed by atoms with Crippen LogP contribution in [0.25, 0.3) is 0 Å². The van der Waals surface area contributed by atoms with Crippen molar-refractivity contribution in [1.82, 2.24) is 25.6 Å². The predicted molar refractivity (Wildman–Crippen MR) is 115 cm³/mol. The number of guanidine groups is 1. The van der Waals surface area contributed by atoms with E-state index in [4.69, 9.17) is 4.52 Å². The maximum atomic E-state index is 5.33. The molecule has 146 valence electrons. The van der Waals surface area contributed by atoms with Gasteiger partial charge in [0.1, 0.15) is 6.54 Å².